The van der Waals surface area contributed by atoms with Gasteiger partial charge in [-0.2, -0.15) is 0 Å². The van der Waals surface area contributed by atoms with Crippen molar-refractivity contribution in [3.63, 3.8) is 0 Å². The Morgan fingerprint density at radius 2 is 1.57 bits per heavy atom. The number of carbonyl (C=O) groups is 3. The predicted molar refractivity (Wildman–Crippen MR) is 130 cm³/mol. The Labute approximate surface area is 205 Å². The Morgan fingerprint density at radius 3 is 2.09 bits per heavy atom. The maximum absolute atomic E-state index is 13.0. The third-order valence-corrected chi connectivity index (χ3v) is 7.49. The van der Waals surface area contributed by atoms with Crippen LogP contribution in [-0.4, -0.2) is 66.4 Å². The smallest absolute Gasteiger partial charge is 0.407 e. The summed E-state index contributed by atoms with van der Waals surface area (Å²) in [7, 11) is 1.38. The van der Waals surface area contributed by atoms with Crippen LogP contribution in [0.3, 0.4) is 0 Å². The fourth-order valence-electron chi connectivity index (χ4n) is 5.05. The molecule has 1 saturated heterocycles. The van der Waals surface area contributed by atoms with Crippen LogP contribution in [0.25, 0.3) is 11.1 Å². The summed E-state index contributed by atoms with van der Waals surface area (Å²) in [5.74, 6) is -1.67. The van der Waals surface area contributed by atoms with Crippen LogP contribution < -0.4 is 5.32 Å². The molecule has 0 aromatic heterocycles. The van der Waals surface area contributed by atoms with Crippen LogP contribution >= 0.6 is 0 Å². The van der Waals surface area contributed by atoms with E-state index in [2.05, 4.69) is 29.6 Å². The number of nitrogens with one attached hydrogen (secondary N) is 1. The van der Waals surface area contributed by atoms with Crippen LogP contribution in [0.1, 0.15) is 43.7 Å². The minimum Gasteiger partial charge on any atom is -0.479 e. The Hall–Kier alpha value is -3.39. The largest absolute Gasteiger partial charge is 0.479 e. The van der Waals surface area contributed by atoms with Gasteiger partial charge in [-0.25, -0.2) is 9.59 Å². The number of ether oxygens (including phenoxy) is 2. The molecule has 2 aromatic carbocycles. The number of carboxylic acid groups (broad SMARTS) is 1. The van der Waals surface area contributed by atoms with E-state index in [9.17, 15) is 19.5 Å². The zero-order valence-electron chi connectivity index (χ0n) is 20.3. The number of carboxylic acids is 1. The lowest BCUT2D eigenvalue weighted by atomic mass is 9.90. The molecule has 8 nitrogen and oxygen atoms in total. The molecule has 0 radical (unpaired) electrons. The van der Waals surface area contributed by atoms with E-state index in [0.717, 1.165) is 22.3 Å². The second-order valence-corrected chi connectivity index (χ2v) is 9.38. The molecule has 35 heavy (non-hydrogen) atoms. The lowest BCUT2D eigenvalue weighted by Gasteiger charge is -2.39. The summed E-state index contributed by atoms with van der Waals surface area (Å²) >= 11 is 0. The van der Waals surface area contributed by atoms with Crippen LogP contribution in [0.4, 0.5) is 4.79 Å². The molecule has 186 valence electrons. The Morgan fingerprint density at radius 1 is 1.03 bits per heavy atom. The van der Waals surface area contributed by atoms with Gasteiger partial charge in [0, 0.05) is 45.0 Å². The molecule has 4 rings (SSSR count). The van der Waals surface area contributed by atoms with E-state index in [1.807, 2.05) is 24.3 Å². The molecule has 2 aliphatic rings. The summed E-state index contributed by atoms with van der Waals surface area (Å²) in [4.78, 5) is 38.8. The van der Waals surface area contributed by atoms with Gasteiger partial charge in [0.05, 0.1) is 5.92 Å². The van der Waals surface area contributed by atoms with E-state index in [1.54, 1.807) is 18.7 Å². The first-order valence-electron chi connectivity index (χ1n) is 12.0. The van der Waals surface area contributed by atoms with Gasteiger partial charge in [0.15, 0.2) is 5.60 Å². The molecule has 2 unspecified atom stereocenters. The molecule has 2 atom stereocenters. The zero-order valence-corrected chi connectivity index (χ0v) is 20.3. The van der Waals surface area contributed by atoms with E-state index in [1.165, 1.54) is 7.11 Å². The van der Waals surface area contributed by atoms with Gasteiger partial charge in [0.25, 0.3) is 0 Å². The van der Waals surface area contributed by atoms with Crippen molar-refractivity contribution in [3.8, 4) is 11.1 Å². The molecule has 1 aliphatic carbocycles. The van der Waals surface area contributed by atoms with Gasteiger partial charge in [-0.15, -0.1) is 0 Å². The molecular weight excluding hydrogens is 448 g/mol. The molecule has 2 N–H and O–H groups in total. The topological polar surface area (TPSA) is 105 Å². The third-order valence-electron chi connectivity index (χ3n) is 7.49. The molecule has 2 aromatic rings. The quantitative estimate of drug-likeness (QED) is 0.627. The van der Waals surface area contributed by atoms with Crippen molar-refractivity contribution in [2.45, 2.75) is 44.2 Å². The molecule has 1 heterocycles. The van der Waals surface area contributed by atoms with Crippen LogP contribution in [0, 0.1) is 5.92 Å². The van der Waals surface area contributed by atoms with Gasteiger partial charge in [0.1, 0.15) is 6.61 Å². The average molecular weight is 481 g/mol. The van der Waals surface area contributed by atoms with Crippen LogP contribution in [0.5, 0.6) is 0 Å². The number of benzene rings is 2. The Kier molecular flexibility index (Phi) is 7.12. The summed E-state index contributed by atoms with van der Waals surface area (Å²) in [5.41, 5.74) is 3.34. The second-order valence-electron chi connectivity index (χ2n) is 9.38. The van der Waals surface area contributed by atoms with Crippen LogP contribution in [-0.2, 0) is 19.1 Å². The van der Waals surface area contributed by atoms with Gasteiger partial charge in [0.2, 0.25) is 5.91 Å². The normalized spacial score (nSPS) is 18.2. The van der Waals surface area contributed by atoms with Crippen molar-refractivity contribution >= 4 is 18.0 Å². The SMILES string of the molecule is COC1(C(=O)O)CCN(C(=O)C(C)C(C)NC(=O)OCC2c3ccccc3-c3ccccc32)CC1. The van der Waals surface area contributed by atoms with Crippen molar-refractivity contribution in [1.82, 2.24) is 10.2 Å². The monoisotopic (exact) mass is 480 g/mol. The number of rotatable bonds is 7. The lowest BCUT2D eigenvalue weighted by molar-refractivity contribution is -0.170. The maximum atomic E-state index is 13.0. The van der Waals surface area contributed by atoms with Crippen molar-refractivity contribution in [2.75, 3.05) is 26.8 Å². The van der Waals surface area contributed by atoms with Crippen molar-refractivity contribution in [3.05, 3.63) is 59.7 Å². The number of alkyl carbamates (subject to hydrolysis) is 1. The first-order valence-corrected chi connectivity index (χ1v) is 12.0. The number of likely N-dealkylation sites (tertiary alicyclic amines) is 1. The standard InChI is InChI=1S/C27H32N2O6/c1-17(24(30)29-14-12-27(34-3,13-15-29)25(31)32)18(2)28-26(33)35-16-23-21-10-6-4-8-19(21)20-9-5-7-11-22(20)23/h4-11,17-18,23H,12-16H2,1-3H3,(H,28,33)(H,31,32). The molecule has 0 spiro atoms. The number of hydrogen-bond donors (Lipinski definition) is 2. The van der Waals surface area contributed by atoms with E-state index in [-0.39, 0.29) is 31.3 Å². The summed E-state index contributed by atoms with van der Waals surface area (Å²) in [6.45, 7) is 4.31. The molecule has 1 aliphatic heterocycles. The molecule has 0 bridgehead atoms. The zero-order chi connectivity index (χ0) is 25.2. The Bertz CT molecular complexity index is 1060. The lowest BCUT2D eigenvalue weighted by Crippen LogP contribution is -2.54. The average Bonchev–Trinajstić information content (AvgIpc) is 3.20. The summed E-state index contributed by atoms with van der Waals surface area (Å²) in [6.07, 6.45) is -0.112. The molecule has 0 saturated carbocycles. The molecule has 1 fully saturated rings. The van der Waals surface area contributed by atoms with Crippen LogP contribution in [0.15, 0.2) is 48.5 Å². The highest BCUT2D eigenvalue weighted by Crippen LogP contribution is 2.44. The Balaban J connectivity index is 1.31. The fourth-order valence-corrected chi connectivity index (χ4v) is 5.05. The predicted octanol–water partition coefficient (Wildman–Crippen LogP) is 3.64. The van der Waals surface area contributed by atoms with E-state index >= 15 is 0 Å². The van der Waals surface area contributed by atoms with E-state index in [0.29, 0.717) is 13.1 Å². The second kappa shape index (κ2) is 10.1. The highest BCUT2D eigenvalue weighted by molar-refractivity contribution is 5.82. The minimum absolute atomic E-state index is 0.0360. The number of hydrogen-bond acceptors (Lipinski definition) is 5. The summed E-state index contributed by atoms with van der Waals surface area (Å²) < 4.78 is 10.8. The minimum atomic E-state index is -1.24. The van der Waals surface area contributed by atoms with Gasteiger partial charge in [-0.3, -0.25) is 4.79 Å². The number of piperidine rings is 1. The number of methoxy groups -OCH3 is 1. The van der Waals surface area contributed by atoms with Gasteiger partial charge in [-0.05, 0) is 29.2 Å². The molecular formula is C27H32N2O6. The van der Waals surface area contributed by atoms with Gasteiger partial charge < -0.3 is 24.8 Å². The summed E-state index contributed by atoms with van der Waals surface area (Å²) in [5, 5.41) is 12.2. The fraction of sp³-hybridized carbons (Fsp3) is 0.444. The van der Waals surface area contributed by atoms with Crippen molar-refractivity contribution in [1.29, 1.82) is 0 Å². The van der Waals surface area contributed by atoms with Gasteiger partial charge >= 0.3 is 12.1 Å². The molecule has 8 heteroatoms. The first-order chi connectivity index (χ1) is 16.8. The maximum Gasteiger partial charge on any atom is 0.407 e. The van der Waals surface area contributed by atoms with Gasteiger partial charge in [-0.1, -0.05) is 55.5 Å². The van der Waals surface area contributed by atoms with E-state index < -0.39 is 29.6 Å². The van der Waals surface area contributed by atoms with Crippen molar-refractivity contribution in [2.24, 2.45) is 5.92 Å². The first kappa shape index (κ1) is 24.7. The number of amides is 2. The highest BCUT2D eigenvalue weighted by Gasteiger charge is 2.43. The number of aliphatic carboxylic acids is 1. The van der Waals surface area contributed by atoms with Crippen molar-refractivity contribution < 1.29 is 29.0 Å². The number of nitrogens with zero attached hydrogens (tertiary/aromatic N) is 1. The highest BCUT2D eigenvalue weighted by atomic mass is 16.5. The third kappa shape index (κ3) is 4.75. The number of carbonyl (C=O) groups excluding carboxylic acids is 2. The number of fused-ring (bicyclic) bond motifs is 3. The summed E-state index contributed by atoms with van der Waals surface area (Å²) in [6, 6.07) is 15.8. The van der Waals surface area contributed by atoms with E-state index in [4.69, 9.17) is 9.47 Å². The van der Waals surface area contributed by atoms with Crippen LogP contribution in [0.2, 0.25) is 0 Å². The molecule has 2 amide bonds.